The minimum Gasteiger partial charge on any atom is -0.448 e. The molecule has 1 aliphatic rings. The van der Waals surface area contributed by atoms with Gasteiger partial charge in [-0.05, 0) is 36.1 Å². The first-order valence-electron chi connectivity index (χ1n) is 6.83. The molecule has 1 N–H and O–H groups in total. The first-order chi connectivity index (χ1) is 9.40. The first-order valence-corrected chi connectivity index (χ1v) is 9.05. The number of piperidine rings is 1. The number of hydrogen-bond donors (Lipinski definition) is 1. The Labute approximate surface area is 125 Å². The Kier molecular flexibility index (Phi) is 5.12. The summed E-state index contributed by atoms with van der Waals surface area (Å²) < 4.78 is 30.1. The maximum atomic E-state index is 11.6. The summed E-state index contributed by atoms with van der Waals surface area (Å²) in [5, 5.41) is 3.84. The van der Waals surface area contributed by atoms with E-state index in [-0.39, 0.29) is 0 Å². The second-order valence-corrected chi connectivity index (χ2v) is 7.63. The smallest absolute Gasteiger partial charge is 0.211 e. The van der Waals surface area contributed by atoms with Crippen molar-refractivity contribution in [1.29, 1.82) is 0 Å². The summed E-state index contributed by atoms with van der Waals surface area (Å²) >= 11 is 5.74. The maximum absolute atomic E-state index is 11.6. The molecule has 0 aliphatic carbocycles. The van der Waals surface area contributed by atoms with Crippen molar-refractivity contribution in [2.75, 3.05) is 19.3 Å². The minimum atomic E-state index is -3.09. The van der Waals surface area contributed by atoms with Crippen LogP contribution in [0.4, 0.5) is 0 Å². The zero-order valence-electron chi connectivity index (χ0n) is 11.8. The van der Waals surface area contributed by atoms with Crippen LogP contribution in [0.3, 0.4) is 0 Å². The fraction of sp³-hybridized carbons (Fsp3) is 0.692. The van der Waals surface area contributed by atoms with Crippen LogP contribution in [-0.2, 0) is 16.6 Å². The largest absolute Gasteiger partial charge is 0.448 e. The van der Waals surface area contributed by atoms with Gasteiger partial charge in [0.1, 0.15) is 5.76 Å². The molecule has 1 aliphatic heterocycles. The van der Waals surface area contributed by atoms with Crippen molar-refractivity contribution in [2.24, 2.45) is 5.92 Å². The van der Waals surface area contributed by atoms with Crippen LogP contribution >= 0.6 is 11.6 Å². The molecule has 0 bridgehead atoms. The molecule has 0 aromatic carbocycles. The number of nitrogens with zero attached hydrogens (tertiary/aromatic N) is 1. The Morgan fingerprint density at radius 2 is 2.25 bits per heavy atom. The highest BCUT2D eigenvalue weighted by Gasteiger charge is 2.31. The van der Waals surface area contributed by atoms with Crippen LogP contribution in [0.2, 0.25) is 5.22 Å². The number of sulfonamides is 1. The summed E-state index contributed by atoms with van der Waals surface area (Å²) in [6, 6.07) is 3.88. The minimum absolute atomic E-state index is 0.307. The number of nitrogens with one attached hydrogen (secondary N) is 1. The molecule has 7 heteroatoms. The second kappa shape index (κ2) is 6.47. The van der Waals surface area contributed by atoms with Crippen LogP contribution in [0.25, 0.3) is 0 Å². The van der Waals surface area contributed by atoms with E-state index in [1.165, 1.54) is 6.26 Å². The van der Waals surface area contributed by atoms with Crippen LogP contribution in [-0.4, -0.2) is 38.1 Å². The van der Waals surface area contributed by atoms with Gasteiger partial charge >= 0.3 is 0 Å². The van der Waals surface area contributed by atoms with Crippen LogP contribution in [0, 0.1) is 5.92 Å². The van der Waals surface area contributed by atoms with Gasteiger partial charge in [-0.1, -0.05) is 13.3 Å². The number of rotatable bonds is 5. The van der Waals surface area contributed by atoms with E-state index in [4.69, 9.17) is 16.0 Å². The van der Waals surface area contributed by atoms with E-state index in [1.54, 1.807) is 10.4 Å². The predicted molar refractivity (Wildman–Crippen MR) is 79.2 cm³/mol. The van der Waals surface area contributed by atoms with Crippen LogP contribution in [0.5, 0.6) is 0 Å². The van der Waals surface area contributed by atoms with E-state index < -0.39 is 10.0 Å². The summed E-state index contributed by atoms with van der Waals surface area (Å²) in [7, 11) is -3.09. The molecule has 0 spiro atoms. The van der Waals surface area contributed by atoms with Crippen molar-refractivity contribution >= 4 is 21.6 Å². The third-order valence-corrected chi connectivity index (χ3v) is 5.33. The van der Waals surface area contributed by atoms with E-state index >= 15 is 0 Å². The van der Waals surface area contributed by atoms with E-state index in [0.717, 1.165) is 18.6 Å². The van der Waals surface area contributed by atoms with Crippen LogP contribution < -0.4 is 5.32 Å². The SMILES string of the molecule is CC[C@@H]1CN(S(C)(=O)=O)CC[C@H]1NCc1ccc(Cl)o1. The average Bonchev–Trinajstić information content (AvgIpc) is 2.81. The topological polar surface area (TPSA) is 62.6 Å². The monoisotopic (exact) mass is 320 g/mol. The molecule has 2 atom stereocenters. The lowest BCUT2D eigenvalue weighted by Gasteiger charge is -2.37. The molecule has 0 saturated carbocycles. The van der Waals surface area contributed by atoms with Gasteiger partial charge in [-0.15, -0.1) is 0 Å². The van der Waals surface area contributed by atoms with Gasteiger partial charge in [0.2, 0.25) is 10.0 Å². The molecule has 0 amide bonds. The Bertz CT molecular complexity index is 544. The molecule has 1 fully saturated rings. The normalized spacial score (nSPS) is 24.9. The summed E-state index contributed by atoms with van der Waals surface area (Å²) in [5.41, 5.74) is 0. The Hall–Kier alpha value is -0.560. The number of hydrogen-bond acceptors (Lipinski definition) is 4. The van der Waals surface area contributed by atoms with Gasteiger partial charge in [0, 0.05) is 19.1 Å². The standard InChI is InChI=1S/C13H21ClN2O3S/c1-3-10-9-16(20(2,17)18)7-6-12(10)15-8-11-4-5-13(14)19-11/h4-5,10,12,15H,3,6-9H2,1-2H3/t10-,12-/m1/s1. The van der Waals surface area contributed by atoms with E-state index in [9.17, 15) is 8.42 Å². The molecule has 114 valence electrons. The van der Waals surface area contributed by atoms with Crippen molar-refractivity contribution < 1.29 is 12.8 Å². The first kappa shape index (κ1) is 15.8. The molecule has 20 heavy (non-hydrogen) atoms. The number of halogens is 1. The lowest BCUT2D eigenvalue weighted by molar-refractivity contribution is 0.199. The second-order valence-electron chi connectivity index (χ2n) is 5.27. The third kappa shape index (κ3) is 3.97. The van der Waals surface area contributed by atoms with Gasteiger partial charge < -0.3 is 9.73 Å². The molecular formula is C13H21ClN2O3S. The molecular weight excluding hydrogens is 300 g/mol. The zero-order valence-corrected chi connectivity index (χ0v) is 13.4. The fourth-order valence-corrected chi connectivity index (χ4v) is 3.72. The molecule has 2 rings (SSSR count). The molecule has 0 unspecified atom stereocenters. The van der Waals surface area contributed by atoms with Gasteiger partial charge in [-0.2, -0.15) is 0 Å². The zero-order chi connectivity index (χ0) is 14.8. The maximum Gasteiger partial charge on any atom is 0.211 e. The summed E-state index contributed by atoms with van der Waals surface area (Å²) in [6.45, 7) is 3.87. The molecule has 1 aromatic heterocycles. The van der Waals surface area contributed by atoms with Crippen molar-refractivity contribution in [3.05, 3.63) is 23.1 Å². The van der Waals surface area contributed by atoms with Crippen LogP contribution in [0.15, 0.2) is 16.5 Å². The van der Waals surface area contributed by atoms with Crippen molar-refractivity contribution in [3.8, 4) is 0 Å². The van der Waals surface area contributed by atoms with Gasteiger partial charge in [0.15, 0.2) is 5.22 Å². The highest BCUT2D eigenvalue weighted by Crippen LogP contribution is 2.23. The molecule has 1 aromatic rings. The molecule has 0 radical (unpaired) electrons. The predicted octanol–water partition coefficient (Wildman–Crippen LogP) is 2.08. The Balaban J connectivity index is 1.92. The van der Waals surface area contributed by atoms with Gasteiger partial charge in [0.05, 0.1) is 12.8 Å². The summed E-state index contributed by atoms with van der Waals surface area (Å²) in [5.74, 6) is 1.12. The van der Waals surface area contributed by atoms with Crippen molar-refractivity contribution in [2.45, 2.75) is 32.4 Å². The molecule has 1 saturated heterocycles. The van der Waals surface area contributed by atoms with Crippen molar-refractivity contribution in [1.82, 2.24) is 9.62 Å². The van der Waals surface area contributed by atoms with Crippen molar-refractivity contribution in [3.63, 3.8) is 0 Å². The fourth-order valence-electron chi connectivity index (χ4n) is 2.66. The Morgan fingerprint density at radius 3 is 2.80 bits per heavy atom. The van der Waals surface area contributed by atoms with E-state index in [1.807, 2.05) is 6.07 Å². The highest BCUT2D eigenvalue weighted by molar-refractivity contribution is 7.88. The molecule has 2 heterocycles. The summed E-state index contributed by atoms with van der Waals surface area (Å²) in [4.78, 5) is 0. The lowest BCUT2D eigenvalue weighted by atomic mass is 9.91. The quantitative estimate of drug-likeness (QED) is 0.902. The van der Waals surface area contributed by atoms with Gasteiger partial charge in [-0.25, -0.2) is 12.7 Å². The average molecular weight is 321 g/mol. The summed E-state index contributed by atoms with van der Waals surface area (Å²) in [6.07, 6.45) is 3.04. The Morgan fingerprint density at radius 1 is 1.50 bits per heavy atom. The lowest BCUT2D eigenvalue weighted by Crippen LogP contribution is -2.50. The highest BCUT2D eigenvalue weighted by atomic mass is 35.5. The molecule has 5 nitrogen and oxygen atoms in total. The van der Waals surface area contributed by atoms with E-state index in [0.29, 0.717) is 36.8 Å². The third-order valence-electron chi connectivity index (χ3n) is 3.86. The van der Waals surface area contributed by atoms with E-state index in [2.05, 4.69) is 12.2 Å². The van der Waals surface area contributed by atoms with Gasteiger partial charge in [-0.3, -0.25) is 0 Å². The van der Waals surface area contributed by atoms with Crippen LogP contribution in [0.1, 0.15) is 25.5 Å². The van der Waals surface area contributed by atoms with Gasteiger partial charge in [0.25, 0.3) is 0 Å². The number of furan rings is 1.